The Bertz CT molecular complexity index is 306. The molecule has 0 saturated carbocycles. The highest BCUT2D eigenvalue weighted by atomic mass is 35.5. The van der Waals surface area contributed by atoms with Crippen molar-refractivity contribution in [2.75, 3.05) is 19.6 Å². The molecule has 2 amide bonds. The zero-order chi connectivity index (χ0) is 12.3. The van der Waals surface area contributed by atoms with Gasteiger partial charge in [0.1, 0.15) is 0 Å². The molecule has 0 spiro atoms. The number of nitrogens with one attached hydrogen (secondary N) is 2. The zero-order valence-corrected chi connectivity index (χ0v) is 11.6. The first-order valence-electron chi connectivity index (χ1n) is 6.46. The van der Waals surface area contributed by atoms with Crippen molar-refractivity contribution in [3.8, 4) is 0 Å². The highest BCUT2D eigenvalue weighted by Crippen LogP contribution is 2.14. The minimum atomic E-state index is -0.0108. The molecule has 18 heavy (non-hydrogen) atoms. The quantitative estimate of drug-likeness (QED) is 0.761. The summed E-state index contributed by atoms with van der Waals surface area (Å²) >= 11 is 0. The summed E-state index contributed by atoms with van der Waals surface area (Å²) < 4.78 is 0. The van der Waals surface area contributed by atoms with E-state index >= 15 is 0 Å². The van der Waals surface area contributed by atoms with E-state index in [1.54, 1.807) is 0 Å². The number of nitrogens with zero attached hydrogens (tertiary/aromatic N) is 1. The Kier molecular flexibility index (Phi) is 5.88. The van der Waals surface area contributed by atoms with E-state index in [9.17, 15) is 9.59 Å². The van der Waals surface area contributed by atoms with Crippen molar-refractivity contribution in [1.82, 2.24) is 15.5 Å². The number of rotatable bonds is 2. The predicted molar refractivity (Wildman–Crippen MR) is 71.7 cm³/mol. The first kappa shape index (κ1) is 15.2. The van der Waals surface area contributed by atoms with Crippen LogP contribution in [0.2, 0.25) is 0 Å². The largest absolute Gasteiger partial charge is 0.352 e. The molecular weight excluding hydrogens is 254 g/mol. The Morgan fingerprint density at radius 1 is 1.28 bits per heavy atom. The summed E-state index contributed by atoms with van der Waals surface area (Å²) in [4.78, 5) is 25.1. The van der Waals surface area contributed by atoms with Crippen molar-refractivity contribution in [1.29, 1.82) is 0 Å². The van der Waals surface area contributed by atoms with Gasteiger partial charge >= 0.3 is 0 Å². The van der Waals surface area contributed by atoms with Crippen LogP contribution >= 0.6 is 12.4 Å². The summed E-state index contributed by atoms with van der Waals surface area (Å²) in [6.07, 6.45) is 3.98. The van der Waals surface area contributed by atoms with Gasteiger partial charge in [0.2, 0.25) is 11.8 Å². The van der Waals surface area contributed by atoms with E-state index in [4.69, 9.17) is 0 Å². The number of hydrogen-bond acceptors (Lipinski definition) is 3. The van der Waals surface area contributed by atoms with Crippen molar-refractivity contribution < 1.29 is 9.59 Å². The number of likely N-dealkylation sites (tertiary alicyclic amines) is 1. The van der Waals surface area contributed by atoms with E-state index in [1.807, 2.05) is 4.90 Å². The molecule has 2 aliphatic heterocycles. The summed E-state index contributed by atoms with van der Waals surface area (Å²) in [5.74, 6) is 0.195. The molecule has 2 fully saturated rings. The number of piperidine rings is 1. The highest BCUT2D eigenvalue weighted by Gasteiger charge is 2.30. The van der Waals surface area contributed by atoms with E-state index in [0.29, 0.717) is 6.54 Å². The van der Waals surface area contributed by atoms with Crippen molar-refractivity contribution >= 4 is 24.2 Å². The fourth-order valence-corrected chi connectivity index (χ4v) is 2.70. The maximum absolute atomic E-state index is 12.2. The lowest BCUT2D eigenvalue weighted by Crippen LogP contribution is -2.53. The third kappa shape index (κ3) is 3.85. The molecule has 2 atom stereocenters. The standard InChI is InChI=1S/C12H21N3O2.ClH/c1-9(16)14-10-4-3-7-15(8-10)12(17)11-5-2-6-13-11;/h10-11,13H,2-8H2,1H3,(H,14,16);1H/t10?,11-;/m0./s1. The fourth-order valence-electron chi connectivity index (χ4n) is 2.70. The molecule has 5 nitrogen and oxygen atoms in total. The molecule has 0 aliphatic carbocycles. The minimum absolute atomic E-state index is 0. The molecule has 0 aromatic heterocycles. The van der Waals surface area contributed by atoms with Crippen LogP contribution in [-0.2, 0) is 9.59 Å². The van der Waals surface area contributed by atoms with Gasteiger partial charge < -0.3 is 15.5 Å². The Labute approximate surface area is 114 Å². The van der Waals surface area contributed by atoms with Gasteiger partial charge in [0.25, 0.3) is 0 Å². The Hall–Kier alpha value is -0.810. The second-order valence-electron chi connectivity index (χ2n) is 4.97. The van der Waals surface area contributed by atoms with Gasteiger partial charge in [0.15, 0.2) is 0 Å². The molecule has 1 unspecified atom stereocenters. The van der Waals surface area contributed by atoms with Gasteiger partial charge in [-0.1, -0.05) is 0 Å². The first-order valence-corrected chi connectivity index (χ1v) is 6.46. The Balaban J connectivity index is 0.00000162. The lowest BCUT2D eigenvalue weighted by Gasteiger charge is -2.34. The molecule has 0 aromatic carbocycles. The topological polar surface area (TPSA) is 61.4 Å². The summed E-state index contributed by atoms with van der Waals surface area (Å²) in [6, 6.07) is 0.137. The van der Waals surface area contributed by atoms with Crippen molar-refractivity contribution in [3.05, 3.63) is 0 Å². The van der Waals surface area contributed by atoms with Gasteiger partial charge in [0.05, 0.1) is 6.04 Å². The maximum Gasteiger partial charge on any atom is 0.239 e. The minimum Gasteiger partial charge on any atom is -0.352 e. The summed E-state index contributed by atoms with van der Waals surface area (Å²) in [6.45, 7) is 3.96. The molecule has 2 rings (SSSR count). The van der Waals surface area contributed by atoms with Crippen molar-refractivity contribution in [2.45, 2.75) is 44.7 Å². The SMILES string of the molecule is CC(=O)NC1CCCN(C(=O)[C@@H]2CCCN2)C1.Cl. The van der Waals surface area contributed by atoms with Crippen LogP contribution in [0.3, 0.4) is 0 Å². The Morgan fingerprint density at radius 3 is 2.67 bits per heavy atom. The number of carbonyl (C=O) groups excluding carboxylic acids is 2. The van der Waals surface area contributed by atoms with Crippen LogP contribution in [0.1, 0.15) is 32.6 Å². The summed E-state index contributed by atoms with van der Waals surface area (Å²) in [5.41, 5.74) is 0. The van der Waals surface area contributed by atoms with Crippen LogP contribution in [0, 0.1) is 0 Å². The molecular formula is C12H22ClN3O2. The molecule has 2 heterocycles. The smallest absolute Gasteiger partial charge is 0.239 e. The highest BCUT2D eigenvalue weighted by molar-refractivity contribution is 5.85. The number of hydrogen-bond donors (Lipinski definition) is 2. The first-order chi connectivity index (χ1) is 8.16. The van der Waals surface area contributed by atoms with E-state index in [-0.39, 0.29) is 36.3 Å². The molecule has 2 N–H and O–H groups in total. The number of halogens is 1. The normalized spacial score (nSPS) is 27.5. The molecule has 2 saturated heterocycles. The lowest BCUT2D eigenvalue weighted by atomic mass is 10.0. The van der Waals surface area contributed by atoms with Crippen LogP contribution < -0.4 is 10.6 Å². The van der Waals surface area contributed by atoms with Gasteiger partial charge in [-0.25, -0.2) is 0 Å². The van der Waals surface area contributed by atoms with Crippen LogP contribution in [0.5, 0.6) is 0 Å². The second-order valence-corrected chi connectivity index (χ2v) is 4.97. The second kappa shape index (κ2) is 6.95. The van der Waals surface area contributed by atoms with Crippen LogP contribution in [0.25, 0.3) is 0 Å². The Morgan fingerprint density at radius 2 is 2.06 bits per heavy atom. The van der Waals surface area contributed by atoms with E-state index in [0.717, 1.165) is 38.8 Å². The molecule has 6 heteroatoms. The molecule has 0 radical (unpaired) electrons. The van der Waals surface area contributed by atoms with Gasteiger partial charge in [-0.3, -0.25) is 9.59 Å². The average molecular weight is 276 g/mol. The molecule has 0 aromatic rings. The monoisotopic (exact) mass is 275 g/mol. The van der Waals surface area contributed by atoms with Gasteiger partial charge in [0, 0.05) is 26.1 Å². The van der Waals surface area contributed by atoms with Crippen LogP contribution in [-0.4, -0.2) is 48.4 Å². The number of amides is 2. The van der Waals surface area contributed by atoms with Crippen molar-refractivity contribution in [3.63, 3.8) is 0 Å². The zero-order valence-electron chi connectivity index (χ0n) is 10.8. The average Bonchev–Trinajstić information content (AvgIpc) is 2.81. The lowest BCUT2D eigenvalue weighted by molar-refractivity contribution is -0.135. The van der Waals surface area contributed by atoms with E-state index < -0.39 is 0 Å². The maximum atomic E-state index is 12.2. The van der Waals surface area contributed by atoms with Crippen molar-refractivity contribution in [2.24, 2.45) is 0 Å². The molecule has 0 bridgehead atoms. The third-order valence-corrected chi connectivity index (χ3v) is 3.50. The molecule has 2 aliphatic rings. The predicted octanol–water partition coefficient (Wildman–Crippen LogP) is 0.287. The van der Waals surface area contributed by atoms with Gasteiger partial charge in [-0.2, -0.15) is 0 Å². The van der Waals surface area contributed by atoms with E-state index in [1.165, 1.54) is 6.92 Å². The molecule has 104 valence electrons. The fraction of sp³-hybridized carbons (Fsp3) is 0.833. The summed E-state index contributed by atoms with van der Waals surface area (Å²) in [7, 11) is 0. The van der Waals surface area contributed by atoms with Gasteiger partial charge in [-0.15, -0.1) is 12.4 Å². The van der Waals surface area contributed by atoms with Gasteiger partial charge in [-0.05, 0) is 32.2 Å². The van der Waals surface area contributed by atoms with Crippen LogP contribution in [0.15, 0.2) is 0 Å². The summed E-state index contributed by atoms with van der Waals surface area (Å²) in [5, 5.41) is 6.13. The van der Waals surface area contributed by atoms with Crippen LogP contribution in [0.4, 0.5) is 0 Å². The van der Waals surface area contributed by atoms with E-state index in [2.05, 4.69) is 10.6 Å². The number of carbonyl (C=O) groups is 2. The third-order valence-electron chi connectivity index (χ3n) is 3.50.